The van der Waals surface area contributed by atoms with Crippen LogP contribution in [0.5, 0.6) is 0 Å². The maximum absolute atomic E-state index is 3.29. The third-order valence-corrected chi connectivity index (χ3v) is 3.88. The monoisotopic (exact) mass is 228 g/mol. The Morgan fingerprint density at radius 2 is 2.18 bits per heavy atom. The first-order valence-electron chi connectivity index (χ1n) is 6.54. The number of fused-ring (bicyclic) bond motifs is 1. The molecule has 0 radical (unpaired) electrons. The fourth-order valence-electron chi connectivity index (χ4n) is 2.39. The molecule has 1 unspecified atom stereocenters. The second kappa shape index (κ2) is 4.19. The predicted octanol–water partition coefficient (Wildman–Crippen LogP) is 3.33. The highest BCUT2D eigenvalue weighted by molar-refractivity contribution is 5.81. The van der Waals surface area contributed by atoms with Gasteiger partial charge in [0.25, 0.3) is 0 Å². The maximum atomic E-state index is 3.29. The van der Waals surface area contributed by atoms with Crippen molar-refractivity contribution in [2.75, 3.05) is 7.05 Å². The lowest BCUT2D eigenvalue weighted by molar-refractivity contribution is 0.645. The van der Waals surface area contributed by atoms with E-state index in [1.807, 2.05) is 7.05 Å². The van der Waals surface area contributed by atoms with E-state index in [1.165, 1.54) is 35.9 Å². The Bertz CT molecular complexity index is 523. The molecule has 2 aromatic rings. The summed E-state index contributed by atoms with van der Waals surface area (Å²) in [6.07, 6.45) is 5.06. The smallest absolute Gasteiger partial charge is 0.0480 e. The molecular formula is C15H20N2. The molecule has 0 aliphatic heterocycles. The third-order valence-electron chi connectivity index (χ3n) is 3.88. The fourth-order valence-corrected chi connectivity index (χ4v) is 2.39. The summed E-state index contributed by atoms with van der Waals surface area (Å²) in [7, 11) is 2.01. The molecule has 17 heavy (non-hydrogen) atoms. The van der Waals surface area contributed by atoms with Crippen LogP contribution < -0.4 is 5.32 Å². The van der Waals surface area contributed by atoms with E-state index in [0.29, 0.717) is 6.04 Å². The third kappa shape index (κ3) is 2.09. The zero-order valence-electron chi connectivity index (χ0n) is 10.6. The lowest BCUT2D eigenvalue weighted by Crippen LogP contribution is -2.11. The number of nitrogens with zero attached hydrogens (tertiary/aromatic N) is 1. The molecule has 1 N–H and O–H groups in total. The standard InChI is InChI=1S/C15H20N2/c1-11(16-2)13-5-6-15-14(9-13)7-8-17(15)10-12-3-4-12/h5-9,11-12,16H,3-4,10H2,1-2H3. The van der Waals surface area contributed by atoms with Gasteiger partial charge in [0.2, 0.25) is 0 Å². The number of aromatic nitrogens is 1. The van der Waals surface area contributed by atoms with Crippen LogP contribution in [0.25, 0.3) is 10.9 Å². The SMILES string of the molecule is CNC(C)c1ccc2c(ccn2CC2CC2)c1. The summed E-state index contributed by atoms with van der Waals surface area (Å²) in [6, 6.07) is 9.48. The van der Waals surface area contributed by atoms with E-state index in [9.17, 15) is 0 Å². The quantitative estimate of drug-likeness (QED) is 0.849. The Labute approximate surface area is 103 Å². The molecule has 1 atom stereocenters. The van der Waals surface area contributed by atoms with Crippen LogP contribution in [0.4, 0.5) is 0 Å². The number of hydrogen-bond donors (Lipinski definition) is 1. The van der Waals surface area contributed by atoms with Crippen LogP contribution in [-0.4, -0.2) is 11.6 Å². The number of benzene rings is 1. The average Bonchev–Trinajstić information content (AvgIpc) is 3.09. The molecule has 1 saturated carbocycles. The lowest BCUT2D eigenvalue weighted by atomic mass is 10.1. The lowest BCUT2D eigenvalue weighted by Gasteiger charge is -2.11. The minimum absolute atomic E-state index is 0.422. The molecule has 0 spiro atoms. The van der Waals surface area contributed by atoms with Crippen LogP contribution in [0, 0.1) is 5.92 Å². The van der Waals surface area contributed by atoms with Crippen molar-refractivity contribution in [1.29, 1.82) is 0 Å². The summed E-state index contributed by atoms with van der Waals surface area (Å²) in [5.74, 6) is 0.932. The predicted molar refractivity (Wildman–Crippen MR) is 72.1 cm³/mol. The summed E-state index contributed by atoms with van der Waals surface area (Å²) in [5, 5.41) is 4.65. The number of hydrogen-bond acceptors (Lipinski definition) is 1. The summed E-state index contributed by atoms with van der Waals surface area (Å²) in [5.41, 5.74) is 2.74. The first kappa shape index (κ1) is 10.8. The van der Waals surface area contributed by atoms with Crippen molar-refractivity contribution in [2.24, 2.45) is 5.92 Å². The van der Waals surface area contributed by atoms with Crippen LogP contribution in [0.15, 0.2) is 30.5 Å². The Morgan fingerprint density at radius 3 is 2.88 bits per heavy atom. The number of nitrogens with one attached hydrogen (secondary N) is 1. The minimum atomic E-state index is 0.422. The van der Waals surface area contributed by atoms with Gasteiger partial charge in [0.15, 0.2) is 0 Å². The molecule has 3 rings (SSSR count). The molecule has 1 aromatic heterocycles. The van der Waals surface area contributed by atoms with E-state index in [-0.39, 0.29) is 0 Å². The number of rotatable bonds is 4. The van der Waals surface area contributed by atoms with Gasteiger partial charge in [0, 0.05) is 24.3 Å². The van der Waals surface area contributed by atoms with Crippen LogP contribution in [0.3, 0.4) is 0 Å². The summed E-state index contributed by atoms with van der Waals surface area (Å²) in [6.45, 7) is 3.40. The zero-order valence-corrected chi connectivity index (χ0v) is 10.6. The topological polar surface area (TPSA) is 17.0 Å². The van der Waals surface area contributed by atoms with Gasteiger partial charge in [-0.1, -0.05) is 6.07 Å². The fraction of sp³-hybridized carbons (Fsp3) is 0.467. The van der Waals surface area contributed by atoms with Gasteiger partial charge in [-0.15, -0.1) is 0 Å². The van der Waals surface area contributed by atoms with E-state index in [4.69, 9.17) is 0 Å². The maximum Gasteiger partial charge on any atom is 0.0480 e. The molecule has 0 saturated heterocycles. The van der Waals surface area contributed by atoms with Crippen LogP contribution >= 0.6 is 0 Å². The minimum Gasteiger partial charge on any atom is -0.347 e. The Hall–Kier alpha value is -1.28. The van der Waals surface area contributed by atoms with Crippen molar-refractivity contribution in [1.82, 2.24) is 9.88 Å². The molecular weight excluding hydrogens is 208 g/mol. The van der Waals surface area contributed by atoms with E-state index < -0.39 is 0 Å². The van der Waals surface area contributed by atoms with Gasteiger partial charge in [-0.25, -0.2) is 0 Å². The molecule has 1 fully saturated rings. The van der Waals surface area contributed by atoms with Crippen molar-refractivity contribution in [3.05, 3.63) is 36.0 Å². The second-order valence-electron chi connectivity index (χ2n) is 5.24. The van der Waals surface area contributed by atoms with Crippen molar-refractivity contribution < 1.29 is 0 Å². The average molecular weight is 228 g/mol. The molecule has 0 bridgehead atoms. The summed E-state index contributed by atoms with van der Waals surface area (Å²) in [4.78, 5) is 0. The van der Waals surface area contributed by atoms with Crippen molar-refractivity contribution >= 4 is 10.9 Å². The molecule has 1 aliphatic carbocycles. The highest BCUT2D eigenvalue weighted by atomic mass is 15.0. The van der Waals surface area contributed by atoms with Gasteiger partial charge >= 0.3 is 0 Å². The molecule has 1 heterocycles. The van der Waals surface area contributed by atoms with Gasteiger partial charge in [-0.05, 0) is 61.9 Å². The van der Waals surface area contributed by atoms with E-state index in [1.54, 1.807) is 0 Å². The molecule has 2 nitrogen and oxygen atoms in total. The summed E-state index contributed by atoms with van der Waals surface area (Å²) < 4.78 is 2.40. The molecule has 2 heteroatoms. The largest absolute Gasteiger partial charge is 0.347 e. The van der Waals surface area contributed by atoms with Gasteiger partial charge < -0.3 is 9.88 Å². The highest BCUT2D eigenvalue weighted by Gasteiger charge is 2.22. The van der Waals surface area contributed by atoms with Crippen LogP contribution in [0.1, 0.15) is 31.4 Å². The van der Waals surface area contributed by atoms with Gasteiger partial charge in [-0.2, -0.15) is 0 Å². The highest BCUT2D eigenvalue weighted by Crippen LogP contribution is 2.32. The van der Waals surface area contributed by atoms with E-state index in [2.05, 4.69) is 47.3 Å². The molecule has 0 amide bonds. The van der Waals surface area contributed by atoms with Crippen molar-refractivity contribution in [2.45, 2.75) is 32.4 Å². The Kier molecular flexibility index (Phi) is 2.67. The molecule has 1 aromatic carbocycles. The van der Waals surface area contributed by atoms with Crippen molar-refractivity contribution in [3.8, 4) is 0 Å². The van der Waals surface area contributed by atoms with Crippen LogP contribution in [-0.2, 0) is 6.54 Å². The van der Waals surface area contributed by atoms with Gasteiger partial charge in [0.05, 0.1) is 0 Å². The Morgan fingerprint density at radius 1 is 1.35 bits per heavy atom. The first-order chi connectivity index (χ1) is 8.28. The molecule has 1 aliphatic rings. The van der Waals surface area contributed by atoms with E-state index in [0.717, 1.165) is 5.92 Å². The summed E-state index contributed by atoms with van der Waals surface area (Å²) >= 11 is 0. The van der Waals surface area contributed by atoms with E-state index >= 15 is 0 Å². The first-order valence-corrected chi connectivity index (χ1v) is 6.54. The molecule has 90 valence electrons. The van der Waals surface area contributed by atoms with Gasteiger partial charge in [0.1, 0.15) is 0 Å². The Balaban J connectivity index is 1.95. The van der Waals surface area contributed by atoms with Gasteiger partial charge in [-0.3, -0.25) is 0 Å². The normalized spacial score (nSPS) is 17.5. The zero-order chi connectivity index (χ0) is 11.8. The second-order valence-corrected chi connectivity index (χ2v) is 5.24. The van der Waals surface area contributed by atoms with Crippen molar-refractivity contribution in [3.63, 3.8) is 0 Å². The van der Waals surface area contributed by atoms with Crippen LogP contribution in [0.2, 0.25) is 0 Å².